The number of benzene rings is 3. The molecule has 3 aromatic carbocycles. The van der Waals surface area contributed by atoms with E-state index in [4.69, 9.17) is 23.2 Å². The molecule has 214 valence electrons. The van der Waals surface area contributed by atoms with Gasteiger partial charge in [-0.2, -0.15) is 5.26 Å². The minimum atomic E-state index is -0.535. The Labute approximate surface area is 253 Å². The smallest absolute Gasteiger partial charge is 0.141 e. The van der Waals surface area contributed by atoms with E-state index >= 15 is 0 Å². The summed E-state index contributed by atoms with van der Waals surface area (Å²) in [6.45, 7) is 4.88. The summed E-state index contributed by atoms with van der Waals surface area (Å²) in [6.07, 6.45) is 3.39. The number of nitrogens with zero attached hydrogens (tertiary/aromatic N) is 6. The molecule has 0 aliphatic rings. The minimum Gasteiger partial charge on any atom is -0.373 e. The van der Waals surface area contributed by atoms with E-state index in [-0.39, 0.29) is 17.1 Å². The van der Waals surface area contributed by atoms with Crippen LogP contribution in [-0.2, 0) is 6.54 Å². The maximum atomic E-state index is 13.8. The number of hydrogen-bond donors (Lipinski definition) is 2. The van der Waals surface area contributed by atoms with Crippen LogP contribution in [0.2, 0.25) is 10.0 Å². The number of halogens is 3. The third-order valence-corrected chi connectivity index (χ3v) is 7.26. The van der Waals surface area contributed by atoms with E-state index in [1.807, 2.05) is 51.0 Å². The third kappa shape index (κ3) is 6.31. The highest BCUT2D eigenvalue weighted by atomic mass is 35.5. The molecular weight excluding hydrogens is 574 g/mol. The maximum Gasteiger partial charge on any atom is 0.141 e. The Morgan fingerprint density at radius 2 is 1.83 bits per heavy atom. The molecule has 5 rings (SSSR count). The highest BCUT2D eigenvalue weighted by Crippen LogP contribution is 2.37. The molecule has 5 aromatic rings. The second-order valence-corrected chi connectivity index (χ2v) is 11.4. The molecule has 0 bridgehead atoms. The van der Waals surface area contributed by atoms with Crippen molar-refractivity contribution in [3.63, 3.8) is 0 Å². The molecule has 2 aromatic heterocycles. The van der Waals surface area contributed by atoms with Gasteiger partial charge in [-0.1, -0.05) is 52.7 Å². The molecule has 0 saturated carbocycles. The molecule has 8 nitrogen and oxygen atoms in total. The van der Waals surface area contributed by atoms with Crippen molar-refractivity contribution in [3.8, 4) is 6.07 Å². The second kappa shape index (κ2) is 12.3. The molecule has 11 heteroatoms. The van der Waals surface area contributed by atoms with Crippen LogP contribution in [0, 0.1) is 17.1 Å². The van der Waals surface area contributed by atoms with Gasteiger partial charge in [0, 0.05) is 35.5 Å². The van der Waals surface area contributed by atoms with Crippen molar-refractivity contribution in [2.75, 3.05) is 24.7 Å². The van der Waals surface area contributed by atoms with Crippen molar-refractivity contribution >= 4 is 51.2 Å². The Morgan fingerprint density at radius 1 is 1.05 bits per heavy atom. The van der Waals surface area contributed by atoms with Gasteiger partial charge in [-0.25, -0.2) is 9.07 Å². The van der Waals surface area contributed by atoms with Crippen molar-refractivity contribution in [1.82, 2.24) is 24.9 Å². The van der Waals surface area contributed by atoms with Crippen molar-refractivity contribution < 1.29 is 4.39 Å². The van der Waals surface area contributed by atoms with Gasteiger partial charge in [0.15, 0.2) is 0 Å². The third-order valence-electron chi connectivity index (χ3n) is 6.68. The maximum absolute atomic E-state index is 13.8. The normalized spacial score (nSPS) is 12.1. The molecule has 0 fully saturated rings. The Hall–Kier alpha value is -4.23. The Morgan fingerprint density at radius 3 is 2.52 bits per heavy atom. The van der Waals surface area contributed by atoms with Crippen molar-refractivity contribution in [3.05, 3.63) is 105 Å². The predicted molar refractivity (Wildman–Crippen MR) is 166 cm³/mol. The molecule has 0 spiro atoms. The summed E-state index contributed by atoms with van der Waals surface area (Å²) in [5.74, 6) is -0.535. The quantitative estimate of drug-likeness (QED) is 0.178. The van der Waals surface area contributed by atoms with Crippen LogP contribution in [0.4, 0.5) is 21.5 Å². The molecule has 1 atom stereocenters. The van der Waals surface area contributed by atoms with Crippen LogP contribution in [0.15, 0.2) is 67.0 Å². The molecular formula is C31H29Cl2FN8. The van der Waals surface area contributed by atoms with E-state index in [9.17, 15) is 9.65 Å². The number of hydrogen-bond acceptors (Lipinski definition) is 7. The molecule has 0 aliphatic carbocycles. The fraction of sp³-hybridized carbons (Fsp3) is 0.226. The summed E-state index contributed by atoms with van der Waals surface area (Å²) < 4.78 is 15.6. The largest absolute Gasteiger partial charge is 0.373 e. The monoisotopic (exact) mass is 602 g/mol. The number of aromatic nitrogens is 4. The fourth-order valence-electron chi connectivity index (χ4n) is 4.69. The molecule has 2 N–H and O–H groups in total. The van der Waals surface area contributed by atoms with Crippen LogP contribution < -0.4 is 10.6 Å². The molecule has 1 unspecified atom stereocenters. The lowest BCUT2D eigenvalue weighted by Gasteiger charge is -2.21. The first-order valence-corrected chi connectivity index (χ1v) is 14.0. The Bertz CT molecular complexity index is 1790. The van der Waals surface area contributed by atoms with Gasteiger partial charge in [0.1, 0.15) is 17.6 Å². The van der Waals surface area contributed by atoms with Crippen molar-refractivity contribution in [1.29, 1.82) is 5.26 Å². The zero-order chi connectivity index (χ0) is 30.0. The highest BCUT2D eigenvalue weighted by molar-refractivity contribution is 6.36. The lowest BCUT2D eigenvalue weighted by atomic mass is 10.0. The zero-order valence-corrected chi connectivity index (χ0v) is 25.0. The van der Waals surface area contributed by atoms with E-state index in [1.165, 1.54) is 18.3 Å². The van der Waals surface area contributed by atoms with Crippen LogP contribution in [0.3, 0.4) is 0 Å². The lowest BCUT2D eigenvalue weighted by molar-refractivity contribution is 0.402. The van der Waals surface area contributed by atoms with Crippen molar-refractivity contribution in [2.45, 2.75) is 32.5 Å². The average Bonchev–Trinajstić information content (AvgIpc) is 3.44. The summed E-state index contributed by atoms with van der Waals surface area (Å²) in [6, 6.07) is 18.2. The van der Waals surface area contributed by atoms with Gasteiger partial charge in [-0.3, -0.25) is 4.98 Å². The van der Waals surface area contributed by atoms with Crippen molar-refractivity contribution in [2.24, 2.45) is 0 Å². The molecule has 0 aliphatic heterocycles. The van der Waals surface area contributed by atoms with Gasteiger partial charge in [0.2, 0.25) is 0 Å². The first kappa shape index (κ1) is 29.3. The minimum absolute atomic E-state index is 0.0361. The molecule has 2 heterocycles. The van der Waals surface area contributed by atoms with Gasteiger partial charge in [0.05, 0.1) is 39.1 Å². The number of pyridine rings is 1. The SMILES string of the molecule is CC(C)n1cc(C(Nc2cc(Cl)c3ncc(C#N)c(Nc4ccc(F)c(Cl)c4)c3c2)c2cccc(CN(C)C)c2)nn1. The Kier molecular flexibility index (Phi) is 8.59. The van der Waals surface area contributed by atoms with Gasteiger partial charge in [-0.05, 0) is 69.4 Å². The first-order chi connectivity index (χ1) is 20.1. The van der Waals surface area contributed by atoms with Crippen LogP contribution in [0.5, 0.6) is 0 Å². The highest BCUT2D eigenvalue weighted by Gasteiger charge is 2.21. The number of nitrogens with one attached hydrogen (secondary N) is 2. The van der Waals surface area contributed by atoms with E-state index in [0.717, 1.165) is 23.4 Å². The van der Waals surface area contributed by atoms with E-state index < -0.39 is 5.82 Å². The molecule has 0 amide bonds. The summed E-state index contributed by atoms with van der Waals surface area (Å²) in [5, 5.41) is 26.5. The molecule has 0 saturated heterocycles. The standard InChI is InChI=1S/C31H29Cl2FN8/c1-18(2)42-17-28(39-40-42)30(20-7-5-6-19(10-20)16-41(3)4)38-23-11-24-29(37-22-8-9-27(34)25(32)12-22)21(14-35)15-36-31(24)26(33)13-23/h5-13,15,17-18,30,38H,16H2,1-4H3,(H,36,37). The second-order valence-electron chi connectivity index (χ2n) is 10.5. The van der Waals surface area contributed by atoms with Crippen LogP contribution in [0.25, 0.3) is 10.9 Å². The van der Waals surface area contributed by atoms with Gasteiger partial charge in [0.25, 0.3) is 0 Å². The lowest BCUT2D eigenvalue weighted by Crippen LogP contribution is -2.15. The van der Waals surface area contributed by atoms with Crippen LogP contribution in [-0.4, -0.2) is 39.0 Å². The molecule has 0 radical (unpaired) electrons. The van der Waals surface area contributed by atoms with E-state index in [0.29, 0.717) is 38.6 Å². The predicted octanol–water partition coefficient (Wildman–Crippen LogP) is 7.73. The van der Waals surface area contributed by atoms with Gasteiger partial charge < -0.3 is 15.5 Å². The summed E-state index contributed by atoms with van der Waals surface area (Å²) in [5.41, 5.74) is 5.38. The number of anilines is 3. The number of nitriles is 1. The summed E-state index contributed by atoms with van der Waals surface area (Å²) >= 11 is 12.8. The molecule has 42 heavy (non-hydrogen) atoms. The van der Waals surface area contributed by atoms with E-state index in [1.54, 1.807) is 12.1 Å². The van der Waals surface area contributed by atoms with Gasteiger partial charge >= 0.3 is 0 Å². The summed E-state index contributed by atoms with van der Waals surface area (Å²) in [7, 11) is 4.06. The van der Waals surface area contributed by atoms with Crippen LogP contribution >= 0.6 is 23.2 Å². The first-order valence-electron chi connectivity index (χ1n) is 13.3. The van der Waals surface area contributed by atoms with Crippen LogP contribution in [0.1, 0.15) is 48.3 Å². The average molecular weight is 604 g/mol. The Balaban J connectivity index is 1.61. The van der Waals surface area contributed by atoms with Gasteiger partial charge in [-0.15, -0.1) is 5.10 Å². The van der Waals surface area contributed by atoms with E-state index in [2.05, 4.69) is 55.1 Å². The fourth-order valence-corrected chi connectivity index (χ4v) is 5.14. The zero-order valence-electron chi connectivity index (χ0n) is 23.5. The number of rotatable bonds is 9. The summed E-state index contributed by atoms with van der Waals surface area (Å²) in [4.78, 5) is 6.56. The topological polar surface area (TPSA) is 94.7 Å². The number of fused-ring (bicyclic) bond motifs is 1.